The smallest absolute Gasteiger partial charge is 0.270 e. The van der Waals surface area contributed by atoms with Crippen LogP contribution in [0.15, 0.2) is 24.4 Å². The monoisotopic (exact) mass is 532 g/mol. The molecule has 1 N–H and O–H groups in total. The summed E-state index contributed by atoms with van der Waals surface area (Å²) in [6, 6.07) is 4.34. The molecule has 10 heteroatoms. The topological polar surface area (TPSA) is 102 Å². The van der Waals surface area contributed by atoms with E-state index in [4.69, 9.17) is 9.72 Å². The Morgan fingerprint density at radius 1 is 1.15 bits per heavy atom. The number of halogens is 1. The SMILES string of the molecule is CCc1nc(C(=O)NC2CC2)ccc1OCC(=O)N1CCc2nc3n(c2C1c1ncc(C)cc1F)CCCC3. The first-order valence-corrected chi connectivity index (χ1v) is 13.9. The number of hydrogen-bond donors (Lipinski definition) is 1. The van der Waals surface area contributed by atoms with Gasteiger partial charge in [-0.3, -0.25) is 14.6 Å². The van der Waals surface area contributed by atoms with E-state index >= 15 is 4.39 Å². The third kappa shape index (κ3) is 4.99. The summed E-state index contributed by atoms with van der Waals surface area (Å²) in [5.41, 5.74) is 3.68. The van der Waals surface area contributed by atoms with Crippen molar-refractivity contribution < 1.29 is 18.7 Å². The van der Waals surface area contributed by atoms with Crippen molar-refractivity contribution in [1.29, 1.82) is 0 Å². The molecule has 1 saturated carbocycles. The predicted molar refractivity (Wildman–Crippen MR) is 141 cm³/mol. The van der Waals surface area contributed by atoms with Crippen LogP contribution in [0.4, 0.5) is 4.39 Å². The van der Waals surface area contributed by atoms with Crippen molar-refractivity contribution >= 4 is 11.8 Å². The summed E-state index contributed by atoms with van der Waals surface area (Å²) in [6.07, 6.45) is 7.74. The molecular weight excluding hydrogens is 499 g/mol. The van der Waals surface area contributed by atoms with Gasteiger partial charge in [-0.15, -0.1) is 0 Å². The number of imidazole rings is 1. The van der Waals surface area contributed by atoms with Gasteiger partial charge in [-0.2, -0.15) is 0 Å². The Morgan fingerprint density at radius 3 is 2.77 bits per heavy atom. The van der Waals surface area contributed by atoms with E-state index in [2.05, 4.69) is 19.9 Å². The van der Waals surface area contributed by atoms with Crippen LogP contribution in [0.25, 0.3) is 0 Å². The van der Waals surface area contributed by atoms with E-state index in [0.717, 1.165) is 61.4 Å². The van der Waals surface area contributed by atoms with Crippen molar-refractivity contribution in [2.75, 3.05) is 13.2 Å². The van der Waals surface area contributed by atoms with Gasteiger partial charge in [-0.25, -0.2) is 14.4 Å². The van der Waals surface area contributed by atoms with E-state index in [1.165, 1.54) is 6.07 Å². The van der Waals surface area contributed by atoms with E-state index < -0.39 is 11.9 Å². The van der Waals surface area contributed by atoms with E-state index in [0.29, 0.717) is 36.5 Å². The van der Waals surface area contributed by atoms with E-state index in [-0.39, 0.29) is 30.2 Å². The van der Waals surface area contributed by atoms with Gasteiger partial charge in [-0.05, 0) is 62.8 Å². The van der Waals surface area contributed by atoms with E-state index in [1.807, 2.05) is 6.92 Å². The normalized spacial score (nSPS) is 18.3. The van der Waals surface area contributed by atoms with Crippen molar-refractivity contribution in [2.24, 2.45) is 0 Å². The zero-order valence-electron chi connectivity index (χ0n) is 22.4. The highest BCUT2D eigenvalue weighted by molar-refractivity contribution is 5.92. The number of amides is 2. The number of nitrogens with one attached hydrogen (secondary N) is 1. The second kappa shape index (κ2) is 10.4. The van der Waals surface area contributed by atoms with E-state index in [1.54, 1.807) is 30.2 Å². The van der Waals surface area contributed by atoms with Crippen molar-refractivity contribution in [3.05, 3.63) is 70.1 Å². The number of hydrogen-bond acceptors (Lipinski definition) is 6. The molecule has 1 fully saturated rings. The second-order valence-electron chi connectivity index (χ2n) is 10.6. The lowest BCUT2D eigenvalue weighted by molar-refractivity contribution is -0.135. The predicted octanol–water partition coefficient (Wildman–Crippen LogP) is 3.46. The summed E-state index contributed by atoms with van der Waals surface area (Å²) in [5.74, 6) is 0.564. The Labute approximate surface area is 226 Å². The molecule has 3 aromatic heterocycles. The molecule has 6 rings (SSSR count). The lowest BCUT2D eigenvalue weighted by atomic mass is 9.97. The van der Waals surface area contributed by atoms with Gasteiger partial charge in [0.05, 0.1) is 17.1 Å². The Hall–Kier alpha value is -3.82. The fraction of sp³-hybridized carbons (Fsp3) is 0.483. The number of pyridine rings is 2. The summed E-state index contributed by atoms with van der Waals surface area (Å²) in [4.78, 5) is 41.6. The number of aryl methyl sites for hydroxylation is 3. The molecule has 0 spiro atoms. The van der Waals surface area contributed by atoms with Crippen LogP contribution >= 0.6 is 0 Å². The summed E-state index contributed by atoms with van der Waals surface area (Å²) >= 11 is 0. The molecule has 3 aliphatic rings. The standard InChI is InChI=1S/C29H33FN6O3/c1-3-20-23(10-9-22(33-20)29(38)32-18-7-8-18)39-16-25(37)36-13-11-21-27(35-12-5-4-6-24(35)34-21)28(36)26-19(30)14-17(2)15-31-26/h9-10,14-15,18,28H,3-8,11-13,16H2,1-2H3,(H,32,38). The molecule has 2 amide bonds. The van der Waals surface area contributed by atoms with Gasteiger partial charge >= 0.3 is 0 Å². The Bertz CT molecular complexity index is 1430. The van der Waals surface area contributed by atoms with Gasteiger partial charge in [0.15, 0.2) is 6.61 Å². The second-order valence-corrected chi connectivity index (χ2v) is 10.6. The third-order valence-corrected chi connectivity index (χ3v) is 7.70. The number of nitrogens with zero attached hydrogens (tertiary/aromatic N) is 5. The first-order chi connectivity index (χ1) is 18.9. The number of carbonyl (C=O) groups excluding carboxylic acids is 2. The molecule has 0 aromatic carbocycles. The molecule has 0 saturated heterocycles. The highest BCUT2D eigenvalue weighted by atomic mass is 19.1. The van der Waals surface area contributed by atoms with Crippen molar-refractivity contribution in [2.45, 2.75) is 77.4 Å². The largest absolute Gasteiger partial charge is 0.482 e. The molecule has 5 heterocycles. The molecule has 3 aromatic rings. The minimum absolute atomic E-state index is 0.196. The van der Waals surface area contributed by atoms with Crippen LogP contribution in [0.1, 0.15) is 83.3 Å². The van der Waals surface area contributed by atoms with Crippen LogP contribution in [-0.4, -0.2) is 55.4 Å². The lowest BCUT2D eigenvalue weighted by Gasteiger charge is -2.36. The summed E-state index contributed by atoms with van der Waals surface area (Å²) in [5, 5.41) is 2.94. The van der Waals surface area contributed by atoms with Gasteiger partial charge < -0.3 is 19.5 Å². The number of rotatable bonds is 7. The Kier molecular flexibility index (Phi) is 6.78. The maximum atomic E-state index is 15.3. The number of ether oxygens (including phenoxy) is 1. The summed E-state index contributed by atoms with van der Waals surface area (Å²) in [6.45, 7) is 4.68. The molecule has 204 valence electrons. The average molecular weight is 533 g/mol. The van der Waals surface area contributed by atoms with Gasteiger partial charge in [0.2, 0.25) is 0 Å². The van der Waals surface area contributed by atoms with Crippen molar-refractivity contribution in [1.82, 2.24) is 29.7 Å². The molecule has 1 unspecified atom stereocenters. The maximum Gasteiger partial charge on any atom is 0.270 e. The lowest BCUT2D eigenvalue weighted by Crippen LogP contribution is -2.44. The zero-order chi connectivity index (χ0) is 27.1. The molecule has 1 aliphatic carbocycles. The Balaban J connectivity index is 1.26. The Morgan fingerprint density at radius 2 is 2.00 bits per heavy atom. The molecule has 0 radical (unpaired) electrons. The molecule has 39 heavy (non-hydrogen) atoms. The van der Waals surface area contributed by atoms with Gasteiger partial charge in [0.25, 0.3) is 11.8 Å². The molecular formula is C29H33FN6O3. The van der Waals surface area contributed by atoms with Crippen LogP contribution in [0.5, 0.6) is 5.75 Å². The summed E-state index contributed by atoms with van der Waals surface area (Å²) in [7, 11) is 0. The summed E-state index contributed by atoms with van der Waals surface area (Å²) < 4.78 is 23.5. The van der Waals surface area contributed by atoms with Crippen LogP contribution in [-0.2, 0) is 30.6 Å². The number of aromatic nitrogens is 4. The fourth-order valence-corrected chi connectivity index (χ4v) is 5.55. The fourth-order valence-electron chi connectivity index (χ4n) is 5.55. The van der Waals surface area contributed by atoms with Crippen LogP contribution in [0.2, 0.25) is 0 Å². The highest BCUT2D eigenvalue weighted by Crippen LogP contribution is 2.38. The van der Waals surface area contributed by atoms with Crippen LogP contribution in [0.3, 0.4) is 0 Å². The van der Waals surface area contributed by atoms with Crippen molar-refractivity contribution in [3.63, 3.8) is 0 Å². The maximum absolute atomic E-state index is 15.3. The van der Waals surface area contributed by atoms with Crippen LogP contribution < -0.4 is 10.1 Å². The van der Waals surface area contributed by atoms with Gasteiger partial charge in [-0.1, -0.05) is 6.92 Å². The van der Waals surface area contributed by atoms with Gasteiger partial charge in [0, 0.05) is 38.2 Å². The van der Waals surface area contributed by atoms with Crippen molar-refractivity contribution in [3.8, 4) is 5.75 Å². The molecule has 1 atom stereocenters. The molecule has 9 nitrogen and oxygen atoms in total. The van der Waals surface area contributed by atoms with E-state index in [9.17, 15) is 9.59 Å². The van der Waals surface area contributed by atoms with Gasteiger partial charge in [0.1, 0.15) is 34.8 Å². The minimum atomic E-state index is -0.679. The first kappa shape index (κ1) is 25.5. The quantitative estimate of drug-likeness (QED) is 0.500. The first-order valence-electron chi connectivity index (χ1n) is 13.9. The van der Waals surface area contributed by atoms with Crippen LogP contribution in [0, 0.1) is 12.7 Å². The molecule has 2 aliphatic heterocycles. The number of fused-ring (bicyclic) bond motifs is 3. The third-order valence-electron chi connectivity index (χ3n) is 7.70. The highest BCUT2D eigenvalue weighted by Gasteiger charge is 2.39. The minimum Gasteiger partial charge on any atom is -0.482 e. The molecule has 0 bridgehead atoms. The average Bonchev–Trinajstić information content (AvgIpc) is 3.67. The zero-order valence-corrected chi connectivity index (χ0v) is 22.4. The number of carbonyl (C=O) groups is 2.